The van der Waals surface area contributed by atoms with Crippen molar-refractivity contribution in [3.8, 4) is 5.69 Å². The fraction of sp³-hybridized carbons (Fsp3) is 0.208. The fourth-order valence-corrected chi connectivity index (χ4v) is 4.57. The van der Waals surface area contributed by atoms with Gasteiger partial charge in [-0.15, -0.1) is 0 Å². The lowest BCUT2D eigenvalue weighted by atomic mass is 10.1. The number of hydrogen-bond donors (Lipinski definition) is 1. The number of carbonyl (C=O) groups is 2. The van der Waals surface area contributed by atoms with Crippen LogP contribution >= 0.6 is 11.8 Å². The van der Waals surface area contributed by atoms with Crippen LogP contribution in [0, 0.1) is 13.8 Å². The number of fused-ring (bicyclic) bond motifs is 1. The number of carbonyl (C=O) groups excluding carboxylic acids is 2. The van der Waals surface area contributed by atoms with Gasteiger partial charge in [-0.3, -0.25) is 9.36 Å². The average molecular weight is 434 g/mol. The largest absolute Gasteiger partial charge is 0.462 e. The van der Waals surface area contributed by atoms with Crippen LogP contribution in [0.2, 0.25) is 0 Å². The number of thioether (sulfide) groups is 1. The molecule has 2 aromatic carbocycles. The number of H-pyrrole nitrogens is 1. The van der Waals surface area contributed by atoms with Crippen molar-refractivity contribution in [1.29, 1.82) is 0 Å². The monoisotopic (exact) mass is 433 g/mol. The number of esters is 1. The van der Waals surface area contributed by atoms with Crippen molar-refractivity contribution in [2.24, 2.45) is 0 Å². The van der Waals surface area contributed by atoms with Gasteiger partial charge in [-0.1, -0.05) is 42.1 Å². The number of Topliss-reactive ketones (excluding diaryl/α,β-unsaturated/α-hetero) is 1. The number of hydrogen-bond acceptors (Lipinski definition) is 5. The summed E-state index contributed by atoms with van der Waals surface area (Å²) in [6.07, 6.45) is 0. The normalized spacial score (nSPS) is 11.1. The third kappa shape index (κ3) is 4.01. The van der Waals surface area contributed by atoms with Crippen LogP contribution in [0.1, 0.15) is 39.0 Å². The molecule has 1 N–H and O–H groups in total. The van der Waals surface area contributed by atoms with Gasteiger partial charge < -0.3 is 9.72 Å². The van der Waals surface area contributed by atoms with Gasteiger partial charge in [-0.2, -0.15) is 0 Å². The van der Waals surface area contributed by atoms with E-state index in [0.29, 0.717) is 22.5 Å². The summed E-state index contributed by atoms with van der Waals surface area (Å²) in [5, 5.41) is 0.743. The number of aryl methyl sites for hydroxylation is 1. The molecule has 7 heteroatoms. The first-order chi connectivity index (χ1) is 15.0. The first kappa shape index (κ1) is 20.9. The summed E-state index contributed by atoms with van der Waals surface area (Å²) in [7, 11) is 0. The number of aromatic nitrogens is 3. The molecule has 158 valence electrons. The third-order valence-corrected chi connectivity index (χ3v) is 6.01. The van der Waals surface area contributed by atoms with E-state index in [4.69, 9.17) is 9.72 Å². The summed E-state index contributed by atoms with van der Waals surface area (Å²) < 4.78 is 7.18. The molecule has 0 saturated carbocycles. The summed E-state index contributed by atoms with van der Waals surface area (Å²) in [6.45, 7) is 5.60. The molecule has 0 unspecified atom stereocenters. The highest BCUT2D eigenvalue weighted by Gasteiger charge is 2.23. The molecule has 0 bridgehead atoms. The maximum Gasteiger partial charge on any atom is 0.340 e. The molecule has 4 rings (SSSR count). The molecular weight excluding hydrogens is 410 g/mol. The Morgan fingerprint density at radius 1 is 1.06 bits per heavy atom. The van der Waals surface area contributed by atoms with Gasteiger partial charge in [-0.25, -0.2) is 9.78 Å². The maximum absolute atomic E-state index is 13.0. The van der Waals surface area contributed by atoms with E-state index in [1.165, 1.54) is 11.8 Å². The quantitative estimate of drug-likeness (QED) is 0.249. The summed E-state index contributed by atoms with van der Waals surface area (Å²) in [5.74, 6) is -0.307. The van der Waals surface area contributed by atoms with Crippen molar-refractivity contribution < 1.29 is 14.3 Å². The van der Waals surface area contributed by atoms with E-state index in [9.17, 15) is 9.59 Å². The highest BCUT2D eigenvalue weighted by atomic mass is 32.2. The maximum atomic E-state index is 13.0. The van der Waals surface area contributed by atoms with Crippen molar-refractivity contribution in [3.63, 3.8) is 0 Å². The molecule has 0 aliphatic heterocycles. The second-order valence-electron chi connectivity index (χ2n) is 7.11. The number of nitrogens with zero attached hydrogens (tertiary/aromatic N) is 2. The summed E-state index contributed by atoms with van der Waals surface area (Å²) in [5.41, 5.74) is 4.99. The number of benzene rings is 2. The molecule has 0 saturated heterocycles. The van der Waals surface area contributed by atoms with Gasteiger partial charge in [0.25, 0.3) is 0 Å². The molecule has 2 aromatic heterocycles. The smallest absolute Gasteiger partial charge is 0.340 e. The molecule has 2 heterocycles. The molecule has 0 amide bonds. The highest BCUT2D eigenvalue weighted by Crippen LogP contribution is 2.29. The standard InChI is InChI=1S/C24H23N3O3S/c1-4-30-23(29)21-15(2)22(25-16(21)3)20(28)14-31-24-26-18-12-8-9-13-19(18)27(24)17-10-6-5-7-11-17/h5-13,25H,4,14H2,1-3H3. The lowest BCUT2D eigenvalue weighted by molar-refractivity contribution is 0.0525. The van der Waals surface area contributed by atoms with Crippen LogP contribution in [-0.4, -0.2) is 38.6 Å². The minimum atomic E-state index is -0.411. The summed E-state index contributed by atoms with van der Waals surface area (Å²) in [6, 6.07) is 17.9. The Hall–Kier alpha value is -3.32. The summed E-state index contributed by atoms with van der Waals surface area (Å²) in [4.78, 5) is 33.0. The molecule has 0 aliphatic carbocycles. The minimum Gasteiger partial charge on any atom is -0.462 e. The Labute approximate surface area is 184 Å². The third-order valence-electron chi connectivity index (χ3n) is 5.07. The van der Waals surface area contributed by atoms with Crippen LogP contribution in [0.4, 0.5) is 0 Å². The van der Waals surface area contributed by atoms with Gasteiger partial charge in [0.15, 0.2) is 10.9 Å². The van der Waals surface area contributed by atoms with Crippen molar-refractivity contribution in [3.05, 3.63) is 77.1 Å². The van der Waals surface area contributed by atoms with Gasteiger partial charge in [0, 0.05) is 11.4 Å². The number of rotatable bonds is 7. The minimum absolute atomic E-state index is 0.0900. The number of aromatic amines is 1. The van der Waals surface area contributed by atoms with Gasteiger partial charge in [0.2, 0.25) is 0 Å². The lowest BCUT2D eigenvalue weighted by Gasteiger charge is -2.08. The molecule has 0 spiro atoms. The predicted octanol–water partition coefficient (Wildman–Crippen LogP) is 5.12. The zero-order valence-corrected chi connectivity index (χ0v) is 18.5. The Balaban J connectivity index is 1.63. The van der Waals surface area contributed by atoms with Gasteiger partial charge in [-0.05, 0) is 50.6 Å². The zero-order chi connectivity index (χ0) is 22.0. The van der Waals surface area contributed by atoms with Gasteiger partial charge in [0.1, 0.15) is 0 Å². The van der Waals surface area contributed by atoms with E-state index in [-0.39, 0.29) is 18.1 Å². The van der Waals surface area contributed by atoms with Crippen LogP contribution in [0.5, 0.6) is 0 Å². The second-order valence-corrected chi connectivity index (χ2v) is 8.05. The Bertz CT molecular complexity index is 1260. The van der Waals surface area contributed by atoms with Crippen molar-refractivity contribution in [2.75, 3.05) is 12.4 Å². The van der Waals surface area contributed by atoms with E-state index in [0.717, 1.165) is 21.9 Å². The molecule has 4 aromatic rings. The average Bonchev–Trinajstić information content (AvgIpc) is 3.29. The lowest BCUT2D eigenvalue weighted by Crippen LogP contribution is -2.09. The fourth-order valence-electron chi connectivity index (χ4n) is 3.67. The first-order valence-corrected chi connectivity index (χ1v) is 11.0. The number of ketones is 1. The van der Waals surface area contributed by atoms with Crippen molar-refractivity contribution >= 4 is 34.5 Å². The number of para-hydroxylation sites is 3. The highest BCUT2D eigenvalue weighted by molar-refractivity contribution is 7.99. The van der Waals surface area contributed by atoms with E-state index < -0.39 is 5.97 Å². The van der Waals surface area contributed by atoms with E-state index in [1.807, 2.05) is 54.6 Å². The van der Waals surface area contributed by atoms with E-state index in [1.54, 1.807) is 20.8 Å². The topological polar surface area (TPSA) is 77.0 Å². The van der Waals surface area contributed by atoms with Crippen LogP contribution in [0.3, 0.4) is 0 Å². The number of nitrogens with one attached hydrogen (secondary N) is 1. The molecule has 31 heavy (non-hydrogen) atoms. The van der Waals surface area contributed by atoms with Crippen LogP contribution in [0.15, 0.2) is 59.8 Å². The Kier molecular flexibility index (Phi) is 5.95. The van der Waals surface area contributed by atoms with Crippen molar-refractivity contribution in [1.82, 2.24) is 14.5 Å². The molecule has 6 nitrogen and oxygen atoms in total. The van der Waals surface area contributed by atoms with E-state index in [2.05, 4.69) is 9.55 Å². The molecular formula is C24H23N3O3S. The second kappa shape index (κ2) is 8.81. The van der Waals surface area contributed by atoms with Crippen LogP contribution < -0.4 is 0 Å². The molecule has 0 radical (unpaired) electrons. The predicted molar refractivity (Wildman–Crippen MR) is 122 cm³/mol. The first-order valence-electron chi connectivity index (χ1n) is 10.1. The van der Waals surface area contributed by atoms with Crippen LogP contribution in [-0.2, 0) is 4.74 Å². The van der Waals surface area contributed by atoms with E-state index >= 15 is 0 Å². The summed E-state index contributed by atoms with van der Waals surface area (Å²) >= 11 is 1.38. The molecule has 0 aliphatic rings. The van der Waals surface area contributed by atoms with Gasteiger partial charge >= 0.3 is 5.97 Å². The van der Waals surface area contributed by atoms with Crippen molar-refractivity contribution in [2.45, 2.75) is 25.9 Å². The molecule has 0 atom stereocenters. The van der Waals surface area contributed by atoms with Gasteiger partial charge in [0.05, 0.1) is 34.7 Å². The zero-order valence-electron chi connectivity index (χ0n) is 17.6. The Morgan fingerprint density at radius 3 is 2.52 bits per heavy atom. The molecule has 0 fully saturated rings. The number of imidazole rings is 1. The SMILES string of the molecule is CCOC(=O)c1c(C)[nH]c(C(=O)CSc2nc3ccccc3n2-c2ccccc2)c1C. The number of ether oxygens (including phenoxy) is 1. The van der Waals surface area contributed by atoms with Crippen LogP contribution in [0.25, 0.3) is 16.7 Å². The Morgan fingerprint density at radius 2 is 1.77 bits per heavy atom.